The molecule has 0 N–H and O–H groups in total. The minimum Gasteiger partial charge on any atom is -0.466 e. The molecule has 0 saturated carbocycles. The molecule has 0 aliphatic rings. The number of hydrogen-bond acceptors (Lipinski definition) is 5. The second kappa shape index (κ2) is 9.41. The maximum absolute atomic E-state index is 10.9. The Morgan fingerprint density at radius 2 is 1.44 bits per heavy atom. The SMILES string of the molecule is C=C(C)C(=O)OC.C=C(C)C(=O)OC(C)N(C)C. The zero-order chi connectivity index (χ0) is 14.9. The van der Waals surface area contributed by atoms with E-state index in [1.54, 1.807) is 25.7 Å². The molecule has 1 unspecified atom stereocenters. The van der Waals surface area contributed by atoms with Crippen molar-refractivity contribution in [3.63, 3.8) is 0 Å². The van der Waals surface area contributed by atoms with Crippen LogP contribution in [-0.4, -0.2) is 44.3 Å². The average molecular weight is 257 g/mol. The van der Waals surface area contributed by atoms with Crippen LogP contribution in [0.2, 0.25) is 0 Å². The number of rotatable bonds is 4. The molecule has 0 aromatic rings. The van der Waals surface area contributed by atoms with Gasteiger partial charge in [0.1, 0.15) is 0 Å². The topological polar surface area (TPSA) is 55.8 Å². The Bertz CT molecular complexity index is 321. The van der Waals surface area contributed by atoms with Crippen LogP contribution in [0.1, 0.15) is 20.8 Å². The van der Waals surface area contributed by atoms with Crippen molar-refractivity contribution >= 4 is 11.9 Å². The number of carbonyl (C=O) groups is 2. The van der Waals surface area contributed by atoms with Crippen LogP contribution in [0.15, 0.2) is 24.3 Å². The molecule has 0 aliphatic carbocycles. The van der Waals surface area contributed by atoms with Crippen LogP contribution < -0.4 is 0 Å². The van der Waals surface area contributed by atoms with E-state index < -0.39 is 0 Å². The first kappa shape index (κ1) is 18.7. The van der Waals surface area contributed by atoms with Crippen molar-refractivity contribution in [1.29, 1.82) is 0 Å². The summed E-state index contributed by atoms with van der Waals surface area (Å²) >= 11 is 0. The van der Waals surface area contributed by atoms with Crippen LogP contribution >= 0.6 is 0 Å². The summed E-state index contributed by atoms with van der Waals surface area (Å²) in [4.78, 5) is 22.9. The summed E-state index contributed by atoms with van der Waals surface area (Å²) in [5.41, 5.74) is 0.862. The van der Waals surface area contributed by atoms with Gasteiger partial charge in [0.05, 0.1) is 7.11 Å². The third-order valence-electron chi connectivity index (χ3n) is 1.89. The fourth-order valence-electron chi connectivity index (χ4n) is 0.535. The van der Waals surface area contributed by atoms with Crippen molar-refractivity contribution in [2.45, 2.75) is 27.0 Å². The van der Waals surface area contributed by atoms with Gasteiger partial charge in [-0.25, -0.2) is 9.59 Å². The van der Waals surface area contributed by atoms with E-state index in [4.69, 9.17) is 4.74 Å². The highest BCUT2D eigenvalue weighted by molar-refractivity contribution is 5.87. The second-order valence-corrected chi connectivity index (χ2v) is 4.02. The molecule has 1 atom stereocenters. The molecular weight excluding hydrogens is 234 g/mol. The first-order chi connectivity index (χ1) is 8.13. The van der Waals surface area contributed by atoms with E-state index in [1.165, 1.54) is 7.11 Å². The Balaban J connectivity index is 0. The van der Waals surface area contributed by atoms with Crippen molar-refractivity contribution in [2.75, 3.05) is 21.2 Å². The van der Waals surface area contributed by atoms with E-state index in [-0.39, 0.29) is 18.2 Å². The summed E-state index contributed by atoms with van der Waals surface area (Å²) < 4.78 is 9.23. The highest BCUT2D eigenvalue weighted by Crippen LogP contribution is 1.99. The van der Waals surface area contributed by atoms with Gasteiger partial charge < -0.3 is 9.47 Å². The molecule has 0 amide bonds. The normalized spacial score (nSPS) is 10.8. The third-order valence-corrected chi connectivity index (χ3v) is 1.89. The number of carbonyl (C=O) groups excluding carboxylic acids is 2. The predicted molar refractivity (Wildman–Crippen MR) is 70.9 cm³/mol. The Morgan fingerprint density at radius 3 is 1.61 bits per heavy atom. The molecule has 0 radical (unpaired) electrons. The lowest BCUT2D eigenvalue weighted by atomic mass is 10.4. The molecule has 0 fully saturated rings. The minimum atomic E-state index is -0.347. The van der Waals surface area contributed by atoms with Crippen LogP contribution in [0, 0.1) is 0 Å². The standard InChI is InChI=1S/C8H15NO2.C5H8O2/c1-6(2)8(10)11-7(3)9(4)5;1-4(2)5(6)7-3/h7H,1H2,2-5H3;1H2,2-3H3. The summed E-state index contributed by atoms with van der Waals surface area (Å²) in [5, 5.41) is 0. The van der Waals surface area contributed by atoms with Gasteiger partial charge in [0.15, 0.2) is 6.23 Å². The summed E-state index contributed by atoms with van der Waals surface area (Å²) in [5.74, 6) is -0.689. The van der Waals surface area contributed by atoms with Crippen molar-refractivity contribution in [1.82, 2.24) is 4.90 Å². The molecule has 0 aromatic heterocycles. The first-order valence-electron chi connectivity index (χ1n) is 5.40. The van der Waals surface area contributed by atoms with Crippen molar-refractivity contribution in [3.8, 4) is 0 Å². The summed E-state index contributed by atoms with van der Waals surface area (Å²) in [6, 6.07) is 0. The molecular formula is C13H23NO4. The van der Waals surface area contributed by atoms with Crippen molar-refractivity contribution < 1.29 is 19.1 Å². The minimum absolute atomic E-state index is 0.195. The summed E-state index contributed by atoms with van der Waals surface area (Å²) in [6.07, 6.45) is -0.195. The first-order valence-corrected chi connectivity index (χ1v) is 5.40. The molecule has 0 rings (SSSR count). The van der Waals surface area contributed by atoms with E-state index in [9.17, 15) is 9.59 Å². The van der Waals surface area contributed by atoms with Gasteiger partial charge in [-0.3, -0.25) is 4.90 Å². The number of nitrogens with zero attached hydrogens (tertiary/aromatic N) is 1. The maximum Gasteiger partial charge on any atom is 0.334 e. The molecule has 0 bridgehead atoms. The number of hydrogen-bond donors (Lipinski definition) is 0. The molecule has 5 heteroatoms. The van der Waals surface area contributed by atoms with Crippen molar-refractivity contribution in [2.24, 2.45) is 0 Å². The second-order valence-electron chi connectivity index (χ2n) is 4.02. The van der Waals surface area contributed by atoms with Crippen LogP contribution in [0.25, 0.3) is 0 Å². The molecule has 104 valence electrons. The number of esters is 2. The molecule has 18 heavy (non-hydrogen) atoms. The maximum atomic E-state index is 10.9. The molecule has 5 nitrogen and oxygen atoms in total. The highest BCUT2D eigenvalue weighted by Gasteiger charge is 2.10. The zero-order valence-corrected chi connectivity index (χ0v) is 12.1. The lowest BCUT2D eigenvalue weighted by molar-refractivity contribution is -0.150. The van der Waals surface area contributed by atoms with Gasteiger partial charge in [0.2, 0.25) is 0 Å². The van der Waals surface area contributed by atoms with Gasteiger partial charge in [-0.15, -0.1) is 0 Å². The van der Waals surface area contributed by atoms with E-state index in [1.807, 2.05) is 14.1 Å². The van der Waals surface area contributed by atoms with Crippen LogP contribution in [0.3, 0.4) is 0 Å². The predicted octanol–water partition coefficient (Wildman–Crippen LogP) is 1.75. The van der Waals surface area contributed by atoms with Gasteiger partial charge in [0, 0.05) is 11.1 Å². The molecule has 0 spiro atoms. The molecule has 0 heterocycles. The summed E-state index contributed by atoms with van der Waals surface area (Å²) in [7, 11) is 5.02. The van der Waals surface area contributed by atoms with Gasteiger partial charge in [-0.05, 0) is 34.9 Å². The fraction of sp³-hybridized carbons (Fsp3) is 0.538. The van der Waals surface area contributed by atoms with Gasteiger partial charge in [0.25, 0.3) is 0 Å². The van der Waals surface area contributed by atoms with E-state index in [0.29, 0.717) is 11.1 Å². The lowest BCUT2D eigenvalue weighted by Gasteiger charge is -2.19. The van der Waals surface area contributed by atoms with E-state index in [0.717, 1.165) is 0 Å². The number of methoxy groups -OCH3 is 1. The largest absolute Gasteiger partial charge is 0.466 e. The third kappa shape index (κ3) is 9.59. The highest BCUT2D eigenvalue weighted by atomic mass is 16.6. The van der Waals surface area contributed by atoms with Crippen LogP contribution in [0.5, 0.6) is 0 Å². The Kier molecular flexibility index (Phi) is 9.80. The Hall–Kier alpha value is -1.62. The fourth-order valence-corrected chi connectivity index (χ4v) is 0.535. The van der Waals surface area contributed by atoms with Crippen molar-refractivity contribution in [3.05, 3.63) is 24.3 Å². The molecule has 0 aromatic carbocycles. The van der Waals surface area contributed by atoms with Gasteiger partial charge >= 0.3 is 11.9 Å². The average Bonchev–Trinajstić information content (AvgIpc) is 2.28. The van der Waals surface area contributed by atoms with Gasteiger partial charge in [-0.2, -0.15) is 0 Å². The zero-order valence-electron chi connectivity index (χ0n) is 12.1. The number of ether oxygens (including phenoxy) is 2. The van der Waals surface area contributed by atoms with Gasteiger partial charge in [-0.1, -0.05) is 13.2 Å². The Labute approximate surface area is 109 Å². The smallest absolute Gasteiger partial charge is 0.334 e. The van der Waals surface area contributed by atoms with Crippen LogP contribution in [-0.2, 0) is 19.1 Å². The van der Waals surface area contributed by atoms with E-state index >= 15 is 0 Å². The summed E-state index contributed by atoms with van der Waals surface area (Å²) in [6.45, 7) is 11.9. The molecule has 0 saturated heterocycles. The lowest BCUT2D eigenvalue weighted by Crippen LogP contribution is -2.30. The Morgan fingerprint density at radius 1 is 1.06 bits per heavy atom. The monoisotopic (exact) mass is 257 g/mol. The quantitative estimate of drug-likeness (QED) is 0.436. The van der Waals surface area contributed by atoms with E-state index in [2.05, 4.69) is 17.9 Å². The van der Waals surface area contributed by atoms with Crippen LogP contribution in [0.4, 0.5) is 0 Å². The molecule has 0 aliphatic heterocycles.